The van der Waals surface area contributed by atoms with Crippen molar-refractivity contribution < 1.29 is 23.5 Å². The van der Waals surface area contributed by atoms with Gasteiger partial charge in [0.25, 0.3) is 0 Å². The van der Waals surface area contributed by atoms with Crippen LogP contribution in [0.25, 0.3) is 0 Å². The van der Waals surface area contributed by atoms with Crippen LogP contribution in [0.1, 0.15) is 24.5 Å². The molecular weight excluding hydrogens is 449 g/mol. The summed E-state index contributed by atoms with van der Waals surface area (Å²) in [6.45, 7) is 4.87. The smallest absolute Gasteiger partial charge is 0.243 e. The Morgan fingerprint density at radius 3 is 2.49 bits per heavy atom. The van der Waals surface area contributed by atoms with E-state index in [0.29, 0.717) is 30.3 Å². The number of hydrogen-bond donors (Lipinski definition) is 2. The summed E-state index contributed by atoms with van der Waals surface area (Å²) < 4.78 is 24.6. The zero-order valence-electron chi connectivity index (χ0n) is 19.7. The van der Waals surface area contributed by atoms with E-state index in [1.54, 1.807) is 35.2 Å². The van der Waals surface area contributed by atoms with E-state index in [1.165, 1.54) is 12.1 Å². The molecule has 7 nitrogen and oxygen atoms in total. The number of hydrazine groups is 1. The van der Waals surface area contributed by atoms with Crippen LogP contribution < -0.4 is 25.2 Å². The van der Waals surface area contributed by atoms with Crippen molar-refractivity contribution in [1.82, 2.24) is 5.43 Å². The van der Waals surface area contributed by atoms with Crippen LogP contribution in [0, 0.1) is 18.7 Å². The number of rotatable bonds is 9. The van der Waals surface area contributed by atoms with Crippen molar-refractivity contribution >= 4 is 23.2 Å². The van der Waals surface area contributed by atoms with Crippen molar-refractivity contribution in [2.45, 2.75) is 26.9 Å². The van der Waals surface area contributed by atoms with Gasteiger partial charge in [0.05, 0.1) is 18.2 Å². The van der Waals surface area contributed by atoms with Gasteiger partial charge in [0.1, 0.15) is 12.4 Å². The highest BCUT2D eigenvalue weighted by Crippen LogP contribution is 2.31. The van der Waals surface area contributed by atoms with Crippen LogP contribution in [0.3, 0.4) is 0 Å². The molecule has 0 radical (unpaired) electrons. The largest absolute Gasteiger partial charge is 0.490 e. The van der Waals surface area contributed by atoms with Crippen LogP contribution in [0.2, 0.25) is 0 Å². The Bertz CT molecular complexity index is 1180. The number of benzene rings is 3. The van der Waals surface area contributed by atoms with Crippen LogP contribution in [0.4, 0.5) is 15.8 Å². The molecule has 1 fully saturated rings. The van der Waals surface area contributed by atoms with E-state index >= 15 is 0 Å². The number of carbonyl (C=O) groups excluding carboxylic acids is 2. The third kappa shape index (κ3) is 6.09. The fraction of sp³-hybridized carbons (Fsp3) is 0.259. The Kier molecular flexibility index (Phi) is 7.50. The fourth-order valence-corrected chi connectivity index (χ4v) is 3.81. The molecule has 0 aliphatic carbocycles. The van der Waals surface area contributed by atoms with E-state index in [1.807, 2.05) is 38.1 Å². The molecular formula is C27H28FN3O4. The zero-order valence-corrected chi connectivity index (χ0v) is 19.7. The fourth-order valence-electron chi connectivity index (χ4n) is 3.81. The second kappa shape index (κ2) is 10.9. The van der Waals surface area contributed by atoms with Crippen molar-refractivity contribution in [3.63, 3.8) is 0 Å². The Morgan fingerprint density at radius 1 is 1.03 bits per heavy atom. The van der Waals surface area contributed by atoms with Gasteiger partial charge in [-0.1, -0.05) is 29.8 Å². The van der Waals surface area contributed by atoms with Crippen molar-refractivity contribution in [1.29, 1.82) is 0 Å². The topological polar surface area (TPSA) is 79.9 Å². The van der Waals surface area contributed by atoms with Crippen LogP contribution in [0.5, 0.6) is 11.5 Å². The first-order valence-corrected chi connectivity index (χ1v) is 11.5. The van der Waals surface area contributed by atoms with Crippen molar-refractivity contribution in [2.75, 3.05) is 23.5 Å². The average molecular weight is 478 g/mol. The van der Waals surface area contributed by atoms with Gasteiger partial charge in [-0.3, -0.25) is 20.4 Å². The van der Waals surface area contributed by atoms with Gasteiger partial charge >= 0.3 is 0 Å². The molecule has 0 saturated carbocycles. The van der Waals surface area contributed by atoms with Gasteiger partial charge in [0, 0.05) is 24.7 Å². The summed E-state index contributed by atoms with van der Waals surface area (Å²) in [7, 11) is 0. The lowest BCUT2D eigenvalue weighted by molar-refractivity contribution is -0.125. The number of ether oxygens (including phenoxy) is 2. The minimum absolute atomic E-state index is 0.0738. The minimum Gasteiger partial charge on any atom is -0.490 e. The van der Waals surface area contributed by atoms with Gasteiger partial charge in [-0.15, -0.1) is 0 Å². The third-order valence-electron chi connectivity index (χ3n) is 5.72. The van der Waals surface area contributed by atoms with Crippen LogP contribution in [-0.4, -0.2) is 25.0 Å². The summed E-state index contributed by atoms with van der Waals surface area (Å²) in [5.74, 6) is -0.0523. The number of halogens is 1. The molecule has 0 spiro atoms. The van der Waals surface area contributed by atoms with E-state index in [-0.39, 0.29) is 30.7 Å². The monoisotopic (exact) mass is 477 g/mol. The summed E-state index contributed by atoms with van der Waals surface area (Å²) in [5.41, 5.74) is 8.93. The van der Waals surface area contributed by atoms with Crippen LogP contribution >= 0.6 is 0 Å². The lowest BCUT2D eigenvalue weighted by Gasteiger charge is -2.18. The molecule has 2 amide bonds. The molecule has 0 bridgehead atoms. The molecule has 35 heavy (non-hydrogen) atoms. The lowest BCUT2D eigenvalue weighted by atomic mass is 10.1. The lowest BCUT2D eigenvalue weighted by Crippen LogP contribution is -2.36. The first-order chi connectivity index (χ1) is 16.9. The predicted molar refractivity (Wildman–Crippen MR) is 132 cm³/mol. The highest BCUT2D eigenvalue weighted by atomic mass is 19.1. The maximum Gasteiger partial charge on any atom is 0.243 e. The van der Waals surface area contributed by atoms with Crippen LogP contribution in [0.15, 0.2) is 66.7 Å². The Morgan fingerprint density at radius 2 is 1.77 bits per heavy atom. The molecule has 4 rings (SSSR count). The first-order valence-electron chi connectivity index (χ1n) is 11.5. The second-order valence-corrected chi connectivity index (χ2v) is 8.36. The summed E-state index contributed by atoms with van der Waals surface area (Å²) in [6, 6.07) is 19.0. The molecule has 182 valence electrons. The molecule has 3 aromatic rings. The third-order valence-corrected chi connectivity index (χ3v) is 5.72. The highest BCUT2D eigenvalue weighted by molar-refractivity contribution is 6.00. The van der Waals surface area contributed by atoms with Gasteiger partial charge in [0.2, 0.25) is 11.8 Å². The summed E-state index contributed by atoms with van der Waals surface area (Å²) >= 11 is 0. The van der Waals surface area contributed by atoms with Gasteiger partial charge < -0.3 is 14.4 Å². The molecule has 1 atom stereocenters. The predicted octanol–water partition coefficient (Wildman–Crippen LogP) is 4.61. The quantitative estimate of drug-likeness (QED) is 0.440. The molecule has 2 N–H and O–H groups in total. The Hall–Kier alpha value is -4.07. The average Bonchev–Trinajstić information content (AvgIpc) is 3.25. The number of nitrogens with one attached hydrogen (secondary N) is 2. The molecule has 0 aromatic heterocycles. The Balaban J connectivity index is 1.35. The van der Waals surface area contributed by atoms with Gasteiger partial charge in [-0.2, -0.15) is 0 Å². The van der Waals surface area contributed by atoms with E-state index in [9.17, 15) is 14.0 Å². The van der Waals surface area contributed by atoms with Gasteiger partial charge in [-0.25, -0.2) is 4.39 Å². The van der Waals surface area contributed by atoms with E-state index < -0.39 is 5.92 Å². The second-order valence-electron chi connectivity index (χ2n) is 8.36. The number of anilines is 2. The zero-order chi connectivity index (χ0) is 24.8. The molecule has 1 aliphatic rings. The highest BCUT2D eigenvalue weighted by Gasteiger charge is 2.35. The standard InChI is InChI=1S/C27H28FN3O4/c1-3-34-25-15-22(10-13-24(25)35-17-19-6-8-21(28)9-7-19)29-30-27(33)20-14-26(32)31(16-20)23-11-4-18(2)5-12-23/h4-13,15,20,29H,3,14,16-17H2,1-2H3,(H,30,33)/t20-/m1/s1. The maximum atomic E-state index is 13.1. The molecule has 1 saturated heterocycles. The molecule has 1 heterocycles. The number of amides is 2. The molecule has 1 aliphatic heterocycles. The van der Waals surface area contributed by atoms with Crippen LogP contribution in [-0.2, 0) is 16.2 Å². The van der Waals surface area contributed by atoms with E-state index in [2.05, 4.69) is 10.9 Å². The van der Waals surface area contributed by atoms with Crippen molar-refractivity contribution in [2.24, 2.45) is 5.92 Å². The number of aryl methyl sites for hydroxylation is 1. The van der Waals surface area contributed by atoms with E-state index in [4.69, 9.17) is 9.47 Å². The SMILES string of the molecule is CCOc1cc(NNC(=O)[C@@H]2CC(=O)N(c3ccc(C)cc3)C2)ccc1OCc1ccc(F)cc1. The van der Waals surface area contributed by atoms with Crippen molar-refractivity contribution in [3.05, 3.63) is 83.7 Å². The molecule has 3 aromatic carbocycles. The Labute approximate surface area is 203 Å². The summed E-state index contributed by atoms with van der Waals surface area (Å²) in [6.07, 6.45) is 0.155. The maximum absolute atomic E-state index is 13.1. The number of carbonyl (C=O) groups is 2. The number of nitrogens with zero attached hydrogens (tertiary/aromatic N) is 1. The summed E-state index contributed by atoms with van der Waals surface area (Å²) in [5, 5.41) is 0. The first kappa shape index (κ1) is 24.1. The molecule has 0 unspecified atom stereocenters. The van der Waals surface area contributed by atoms with E-state index in [0.717, 1.165) is 16.8 Å². The molecule has 8 heteroatoms. The van der Waals surface area contributed by atoms with Gasteiger partial charge in [-0.05, 0) is 55.8 Å². The summed E-state index contributed by atoms with van der Waals surface area (Å²) in [4.78, 5) is 26.8. The van der Waals surface area contributed by atoms with Gasteiger partial charge in [0.15, 0.2) is 11.5 Å². The minimum atomic E-state index is -0.457. The number of hydrogen-bond acceptors (Lipinski definition) is 5. The van der Waals surface area contributed by atoms with Crippen molar-refractivity contribution in [3.8, 4) is 11.5 Å². The normalized spacial score (nSPS) is 15.1.